The zero-order chi connectivity index (χ0) is 16.7. The Labute approximate surface area is 142 Å². The molecule has 24 heavy (non-hydrogen) atoms. The zero-order valence-corrected chi connectivity index (χ0v) is 14.1. The molecule has 4 heteroatoms. The third-order valence-electron chi connectivity index (χ3n) is 5.08. The summed E-state index contributed by atoms with van der Waals surface area (Å²) in [6, 6.07) is 16.3. The Morgan fingerprint density at radius 1 is 1.12 bits per heavy atom. The standard InChI is InChI=1S/C20H22N2O2/c1-14-8-10-15(11-9-14)19-21-12-4-7-18(21)20(23)22(19)16-5-3-6-17(13-16)24-2/h3,5-6,8-11,13,18-19H,4,7,12H2,1-2H3/t18-,19+/m0/s1. The van der Waals surface area contributed by atoms with Gasteiger partial charge >= 0.3 is 0 Å². The van der Waals surface area contributed by atoms with E-state index in [4.69, 9.17) is 4.74 Å². The SMILES string of the molecule is COc1cccc(N2C(=O)[C@@H]3CCCN3[C@H]2c2ccc(C)cc2)c1. The fourth-order valence-corrected chi connectivity index (χ4v) is 3.88. The Morgan fingerprint density at radius 3 is 2.67 bits per heavy atom. The van der Waals surface area contributed by atoms with Gasteiger partial charge in [0.1, 0.15) is 11.9 Å². The summed E-state index contributed by atoms with van der Waals surface area (Å²) >= 11 is 0. The maximum atomic E-state index is 13.1. The number of hydrogen-bond acceptors (Lipinski definition) is 3. The molecular weight excluding hydrogens is 300 g/mol. The highest BCUT2D eigenvalue weighted by molar-refractivity contribution is 6.00. The average Bonchev–Trinajstić information content (AvgIpc) is 3.18. The highest BCUT2D eigenvalue weighted by Crippen LogP contribution is 2.42. The van der Waals surface area contributed by atoms with E-state index in [1.54, 1.807) is 7.11 Å². The summed E-state index contributed by atoms with van der Waals surface area (Å²) in [5.41, 5.74) is 3.30. The van der Waals surface area contributed by atoms with Gasteiger partial charge in [0.15, 0.2) is 0 Å². The number of benzene rings is 2. The lowest BCUT2D eigenvalue weighted by atomic mass is 10.1. The van der Waals surface area contributed by atoms with E-state index < -0.39 is 0 Å². The van der Waals surface area contributed by atoms with Crippen LogP contribution in [0.15, 0.2) is 48.5 Å². The number of ether oxygens (including phenoxy) is 1. The largest absolute Gasteiger partial charge is 0.497 e. The third kappa shape index (κ3) is 2.38. The molecule has 0 radical (unpaired) electrons. The molecule has 0 saturated carbocycles. The number of fused-ring (bicyclic) bond motifs is 1. The van der Waals surface area contributed by atoms with Gasteiger partial charge in [-0.2, -0.15) is 0 Å². The lowest BCUT2D eigenvalue weighted by Gasteiger charge is -2.30. The monoisotopic (exact) mass is 322 g/mol. The van der Waals surface area contributed by atoms with Crippen molar-refractivity contribution in [1.82, 2.24) is 4.90 Å². The minimum Gasteiger partial charge on any atom is -0.497 e. The van der Waals surface area contributed by atoms with E-state index in [0.29, 0.717) is 0 Å². The number of anilines is 1. The van der Waals surface area contributed by atoms with Crippen molar-refractivity contribution >= 4 is 11.6 Å². The first kappa shape index (κ1) is 15.2. The molecule has 124 valence electrons. The normalized spacial score (nSPS) is 23.6. The molecular formula is C20H22N2O2. The molecule has 0 unspecified atom stereocenters. The molecule has 1 amide bonds. The number of amides is 1. The van der Waals surface area contributed by atoms with Crippen LogP contribution in [0.4, 0.5) is 5.69 Å². The minimum atomic E-state index is -0.0299. The second-order valence-corrected chi connectivity index (χ2v) is 6.59. The molecule has 2 heterocycles. The molecule has 0 aliphatic carbocycles. The van der Waals surface area contributed by atoms with Gasteiger partial charge in [-0.25, -0.2) is 0 Å². The van der Waals surface area contributed by atoms with Gasteiger partial charge < -0.3 is 4.74 Å². The van der Waals surface area contributed by atoms with Crippen LogP contribution in [-0.2, 0) is 4.79 Å². The molecule has 2 aromatic carbocycles. The van der Waals surface area contributed by atoms with E-state index in [9.17, 15) is 4.79 Å². The summed E-state index contributed by atoms with van der Waals surface area (Å²) in [6.45, 7) is 3.05. The molecule has 2 fully saturated rings. The lowest BCUT2D eigenvalue weighted by Crippen LogP contribution is -2.32. The molecule has 0 N–H and O–H groups in total. The second-order valence-electron chi connectivity index (χ2n) is 6.59. The number of nitrogens with zero attached hydrogens (tertiary/aromatic N) is 2. The minimum absolute atomic E-state index is 0.00232. The van der Waals surface area contributed by atoms with Crippen LogP contribution in [0.1, 0.15) is 30.1 Å². The van der Waals surface area contributed by atoms with E-state index in [-0.39, 0.29) is 18.1 Å². The Kier molecular flexibility index (Phi) is 3.77. The van der Waals surface area contributed by atoms with Gasteiger partial charge in [-0.1, -0.05) is 35.9 Å². The lowest BCUT2D eigenvalue weighted by molar-refractivity contribution is -0.119. The molecule has 2 aliphatic heterocycles. The van der Waals surface area contributed by atoms with Gasteiger partial charge in [-0.3, -0.25) is 14.6 Å². The summed E-state index contributed by atoms with van der Waals surface area (Å²) < 4.78 is 5.35. The van der Waals surface area contributed by atoms with Gasteiger partial charge in [0.2, 0.25) is 5.91 Å². The number of carbonyl (C=O) groups excluding carboxylic acids is 1. The highest BCUT2D eigenvalue weighted by Gasteiger charge is 2.49. The first-order valence-electron chi connectivity index (χ1n) is 8.48. The second kappa shape index (κ2) is 5.95. The number of hydrogen-bond donors (Lipinski definition) is 0. The van der Waals surface area contributed by atoms with Gasteiger partial charge in [0.25, 0.3) is 0 Å². The molecule has 2 aromatic rings. The van der Waals surface area contributed by atoms with Gasteiger partial charge in [-0.05, 0) is 37.5 Å². The predicted octanol–water partition coefficient (Wildman–Crippen LogP) is 3.51. The Hall–Kier alpha value is -2.33. The van der Waals surface area contributed by atoms with Gasteiger partial charge in [-0.15, -0.1) is 0 Å². The Balaban J connectivity index is 1.79. The Bertz CT molecular complexity index is 756. The average molecular weight is 322 g/mol. The first-order valence-corrected chi connectivity index (χ1v) is 8.48. The molecule has 4 rings (SSSR count). The van der Waals surface area contributed by atoms with Crippen LogP contribution in [0.3, 0.4) is 0 Å². The fourth-order valence-electron chi connectivity index (χ4n) is 3.88. The number of methoxy groups -OCH3 is 1. The van der Waals surface area contributed by atoms with Crippen LogP contribution in [0, 0.1) is 6.92 Å². The summed E-state index contributed by atoms with van der Waals surface area (Å²) in [6.07, 6.45) is 2.00. The van der Waals surface area contributed by atoms with Crippen molar-refractivity contribution in [2.24, 2.45) is 0 Å². The highest BCUT2D eigenvalue weighted by atomic mass is 16.5. The van der Waals surface area contributed by atoms with Crippen molar-refractivity contribution in [3.8, 4) is 5.75 Å². The summed E-state index contributed by atoms with van der Waals surface area (Å²) in [5.74, 6) is 0.973. The number of carbonyl (C=O) groups is 1. The Morgan fingerprint density at radius 2 is 1.92 bits per heavy atom. The number of aryl methyl sites for hydroxylation is 1. The quantitative estimate of drug-likeness (QED) is 0.867. The summed E-state index contributed by atoms with van der Waals surface area (Å²) in [5, 5.41) is 0. The summed E-state index contributed by atoms with van der Waals surface area (Å²) in [4.78, 5) is 17.4. The van der Waals surface area contributed by atoms with Gasteiger partial charge in [0, 0.05) is 18.3 Å². The van der Waals surface area contributed by atoms with Crippen LogP contribution in [0.25, 0.3) is 0 Å². The predicted molar refractivity (Wildman–Crippen MR) is 94.1 cm³/mol. The van der Waals surface area contributed by atoms with Crippen LogP contribution in [-0.4, -0.2) is 30.5 Å². The van der Waals surface area contributed by atoms with Crippen molar-refractivity contribution in [1.29, 1.82) is 0 Å². The molecule has 2 aliphatic rings. The molecule has 4 nitrogen and oxygen atoms in total. The first-order chi connectivity index (χ1) is 11.7. The maximum Gasteiger partial charge on any atom is 0.246 e. The fraction of sp³-hybridized carbons (Fsp3) is 0.350. The van der Waals surface area contributed by atoms with Crippen molar-refractivity contribution in [3.63, 3.8) is 0 Å². The molecule has 0 spiro atoms. The zero-order valence-electron chi connectivity index (χ0n) is 14.1. The maximum absolute atomic E-state index is 13.1. The molecule has 0 bridgehead atoms. The summed E-state index contributed by atoms with van der Waals surface area (Å²) in [7, 11) is 1.65. The van der Waals surface area contributed by atoms with E-state index in [1.165, 1.54) is 11.1 Å². The van der Waals surface area contributed by atoms with Crippen molar-refractivity contribution < 1.29 is 9.53 Å². The molecule has 0 aromatic heterocycles. The number of rotatable bonds is 3. The van der Waals surface area contributed by atoms with E-state index >= 15 is 0 Å². The van der Waals surface area contributed by atoms with Crippen LogP contribution in [0.5, 0.6) is 5.75 Å². The van der Waals surface area contributed by atoms with Crippen LogP contribution < -0.4 is 9.64 Å². The molecule has 2 saturated heterocycles. The van der Waals surface area contributed by atoms with E-state index in [1.807, 2.05) is 29.2 Å². The van der Waals surface area contributed by atoms with Crippen molar-refractivity contribution in [2.75, 3.05) is 18.6 Å². The van der Waals surface area contributed by atoms with E-state index in [2.05, 4.69) is 36.1 Å². The van der Waals surface area contributed by atoms with Crippen LogP contribution >= 0.6 is 0 Å². The van der Waals surface area contributed by atoms with Crippen LogP contribution in [0.2, 0.25) is 0 Å². The topological polar surface area (TPSA) is 32.8 Å². The van der Waals surface area contributed by atoms with Gasteiger partial charge in [0.05, 0.1) is 13.2 Å². The smallest absolute Gasteiger partial charge is 0.246 e. The van der Waals surface area contributed by atoms with E-state index in [0.717, 1.165) is 30.8 Å². The van der Waals surface area contributed by atoms with Crippen molar-refractivity contribution in [2.45, 2.75) is 32.0 Å². The molecule has 2 atom stereocenters. The third-order valence-corrected chi connectivity index (χ3v) is 5.08. The van der Waals surface area contributed by atoms with Crippen molar-refractivity contribution in [3.05, 3.63) is 59.7 Å².